The van der Waals surface area contributed by atoms with Crippen LogP contribution in [0.2, 0.25) is 0 Å². The van der Waals surface area contributed by atoms with E-state index in [1.807, 2.05) is 0 Å². The Bertz CT molecular complexity index is 1140. The van der Waals surface area contributed by atoms with E-state index < -0.39 is 12.1 Å². The van der Waals surface area contributed by atoms with Gasteiger partial charge < -0.3 is 20.3 Å². The van der Waals surface area contributed by atoms with E-state index >= 15 is 0 Å². The summed E-state index contributed by atoms with van der Waals surface area (Å²) in [5.74, 6) is -0.0103. The summed E-state index contributed by atoms with van der Waals surface area (Å²) < 4.78 is 5.51. The molecule has 2 unspecified atom stereocenters. The Kier molecular flexibility index (Phi) is 64.9. The number of aliphatic hydroxyl groups excluding tert-OH is 2. The molecule has 0 fully saturated rings. The third-order valence-electron chi connectivity index (χ3n) is 16.6. The van der Waals surface area contributed by atoms with Crippen LogP contribution in [0.25, 0.3) is 0 Å². The van der Waals surface area contributed by atoms with Gasteiger partial charge in [0.25, 0.3) is 0 Å². The Hall–Kier alpha value is -1.40. The van der Waals surface area contributed by atoms with Crippen molar-refractivity contribution in [2.45, 2.75) is 411 Å². The zero-order valence-electron chi connectivity index (χ0n) is 51.8. The molecule has 0 radical (unpaired) electrons. The van der Waals surface area contributed by atoms with Gasteiger partial charge in [0.1, 0.15) is 0 Å². The van der Waals surface area contributed by atoms with Gasteiger partial charge >= 0.3 is 5.97 Å². The van der Waals surface area contributed by atoms with E-state index in [1.54, 1.807) is 0 Å². The van der Waals surface area contributed by atoms with Crippen LogP contribution in [0, 0.1) is 0 Å². The molecule has 0 aromatic carbocycles. The van der Waals surface area contributed by atoms with E-state index in [9.17, 15) is 19.8 Å². The second-order valence-corrected chi connectivity index (χ2v) is 24.2. The molecular formula is C70H137NO5. The van der Waals surface area contributed by atoms with Crippen LogP contribution in [-0.2, 0) is 14.3 Å². The van der Waals surface area contributed by atoms with E-state index in [4.69, 9.17) is 4.74 Å². The first-order chi connectivity index (χ1) is 37.5. The number of hydrogen-bond donors (Lipinski definition) is 3. The molecule has 0 saturated carbocycles. The average molecular weight is 1070 g/mol. The van der Waals surface area contributed by atoms with Gasteiger partial charge in [-0.1, -0.05) is 347 Å². The van der Waals surface area contributed by atoms with Crippen molar-refractivity contribution in [2.75, 3.05) is 13.2 Å². The second kappa shape index (κ2) is 66.1. The van der Waals surface area contributed by atoms with Crippen molar-refractivity contribution in [3.8, 4) is 0 Å². The molecule has 0 aliphatic heterocycles. The molecule has 0 saturated heterocycles. The summed E-state index contributed by atoms with van der Waals surface area (Å²) in [7, 11) is 0. The first-order valence-electron chi connectivity index (χ1n) is 34.9. The largest absolute Gasteiger partial charge is 0.466 e. The fourth-order valence-electron chi connectivity index (χ4n) is 11.2. The molecule has 0 heterocycles. The highest BCUT2D eigenvalue weighted by Crippen LogP contribution is 2.19. The van der Waals surface area contributed by atoms with Crippen LogP contribution in [-0.4, -0.2) is 47.4 Å². The Morgan fingerprint density at radius 1 is 0.355 bits per heavy atom. The van der Waals surface area contributed by atoms with Crippen LogP contribution in [0.15, 0.2) is 12.2 Å². The number of amides is 1. The van der Waals surface area contributed by atoms with Gasteiger partial charge in [0.05, 0.1) is 25.4 Å². The van der Waals surface area contributed by atoms with Gasteiger partial charge in [0.2, 0.25) is 5.91 Å². The number of carbonyl (C=O) groups excluding carboxylic acids is 2. The zero-order chi connectivity index (χ0) is 55.0. The molecule has 0 rings (SSSR count). The predicted octanol–water partition coefficient (Wildman–Crippen LogP) is 22.4. The molecular weight excluding hydrogens is 935 g/mol. The molecule has 0 aromatic heterocycles. The van der Waals surface area contributed by atoms with Crippen molar-refractivity contribution >= 4 is 11.9 Å². The minimum atomic E-state index is -0.660. The molecule has 0 aromatic rings. The number of allylic oxidation sites excluding steroid dienone is 2. The monoisotopic (exact) mass is 1070 g/mol. The summed E-state index contributed by atoms with van der Waals surface area (Å²) in [4.78, 5) is 24.6. The van der Waals surface area contributed by atoms with Gasteiger partial charge in [-0.3, -0.25) is 9.59 Å². The van der Waals surface area contributed by atoms with Crippen LogP contribution in [0.3, 0.4) is 0 Å². The van der Waals surface area contributed by atoms with Crippen molar-refractivity contribution in [1.29, 1.82) is 0 Å². The topological polar surface area (TPSA) is 95.9 Å². The first kappa shape index (κ1) is 74.6. The molecule has 0 bridgehead atoms. The lowest BCUT2D eigenvalue weighted by molar-refractivity contribution is -0.143. The maximum atomic E-state index is 12.4. The smallest absolute Gasteiger partial charge is 0.305 e. The van der Waals surface area contributed by atoms with Crippen LogP contribution >= 0.6 is 0 Å². The number of ether oxygens (including phenoxy) is 1. The van der Waals surface area contributed by atoms with E-state index in [1.165, 1.54) is 327 Å². The van der Waals surface area contributed by atoms with Crippen molar-refractivity contribution in [3.63, 3.8) is 0 Å². The minimum absolute atomic E-state index is 0.0227. The van der Waals surface area contributed by atoms with Gasteiger partial charge in [0, 0.05) is 12.8 Å². The predicted molar refractivity (Wildman–Crippen MR) is 333 cm³/mol. The highest BCUT2D eigenvalue weighted by atomic mass is 16.5. The summed E-state index contributed by atoms with van der Waals surface area (Å²) >= 11 is 0. The highest BCUT2D eigenvalue weighted by Gasteiger charge is 2.20. The number of carbonyl (C=O) groups is 2. The summed E-state index contributed by atoms with van der Waals surface area (Å²) in [6, 6.07) is -0.538. The molecule has 0 spiro atoms. The van der Waals surface area contributed by atoms with Gasteiger partial charge in [-0.25, -0.2) is 0 Å². The molecule has 1 amide bonds. The highest BCUT2D eigenvalue weighted by molar-refractivity contribution is 5.76. The van der Waals surface area contributed by atoms with Gasteiger partial charge in [-0.2, -0.15) is 0 Å². The average Bonchev–Trinajstić information content (AvgIpc) is 3.42. The lowest BCUT2D eigenvalue weighted by atomic mass is 10.0. The molecule has 6 nitrogen and oxygen atoms in total. The minimum Gasteiger partial charge on any atom is -0.466 e. The molecule has 0 aliphatic rings. The molecule has 0 aliphatic carbocycles. The van der Waals surface area contributed by atoms with Crippen LogP contribution in [0.4, 0.5) is 0 Å². The maximum absolute atomic E-state index is 12.4. The number of aliphatic hydroxyl groups is 2. The summed E-state index contributed by atoms with van der Waals surface area (Å²) in [6.45, 7) is 4.98. The number of hydrogen-bond acceptors (Lipinski definition) is 5. The summed E-state index contributed by atoms with van der Waals surface area (Å²) in [6.07, 6.45) is 81.3. The van der Waals surface area contributed by atoms with E-state index in [0.29, 0.717) is 25.9 Å². The van der Waals surface area contributed by atoms with E-state index in [0.717, 1.165) is 38.5 Å². The lowest BCUT2D eigenvalue weighted by Crippen LogP contribution is -2.45. The lowest BCUT2D eigenvalue weighted by Gasteiger charge is -2.22. The standard InChI is InChI=1S/C70H137NO5/c1-3-5-7-9-11-13-15-16-17-18-31-35-38-41-44-48-52-56-60-64-70(75)76-65-61-57-53-49-45-42-39-36-33-30-28-26-24-22-20-19-21-23-25-27-29-32-34-37-40-43-47-51-55-59-63-69(74)71-67(66-72)68(73)62-58-54-50-46-14-12-10-8-6-4-2/h20,22,67-68,72-73H,3-19,21,23-66H2,1-2H3,(H,71,74)/b22-20-. The van der Waals surface area contributed by atoms with E-state index in [2.05, 4.69) is 31.3 Å². The number of rotatable bonds is 66. The van der Waals surface area contributed by atoms with Gasteiger partial charge in [0.15, 0.2) is 0 Å². The normalized spacial score (nSPS) is 12.5. The Labute approximate surface area is 476 Å². The van der Waals surface area contributed by atoms with Crippen LogP contribution in [0.5, 0.6) is 0 Å². The number of unbranched alkanes of at least 4 members (excludes halogenated alkanes) is 53. The first-order valence-corrected chi connectivity index (χ1v) is 34.9. The quantitative estimate of drug-likeness (QED) is 0.0320. The molecule has 452 valence electrons. The van der Waals surface area contributed by atoms with Gasteiger partial charge in [-0.15, -0.1) is 0 Å². The van der Waals surface area contributed by atoms with Crippen LogP contribution < -0.4 is 5.32 Å². The Morgan fingerprint density at radius 3 is 0.934 bits per heavy atom. The molecule has 6 heteroatoms. The number of esters is 1. The van der Waals surface area contributed by atoms with Gasteiger partial charge in [-0.05, 0) is 51.4 Å². The fourth-order valence-corrected chi connectivity index (χ4v) is 11.2. The second-order valence-electron chi connectivity index (χ2n) is 24.2. The van der Waals surface area contributed by atoms with Crippen molar-refractivity contribution < 1.29 is 24.5 Å². The zero-order valence-corrected chi connectivity index (χ0v) is 51.8. The fraction of sp³-hybridized carbons (Fsp3) is 0.943. The Balaban J connectivity index is 3.31. The van der Waals surface area contributed by atoms with Crippen molar-refractivity contribution in [3.05, 3.63) is 12.2 Å². The molecule has 3 N–H and O–H groups in total. The van der Waals surface area contributed by atoms with E-state index in [-0.39, 0.29) is 18.5 Å². The van der Waals surface area contributed by atoms with Crippen LogP contribution in [0.1, 0.15) is 399 Å². The Morgan fingerprint density at radius 2 is 0.618 bits per heavy atom. The van der Waals surface area contributed by atoms with Crippen molar-refractivity contribution in [2.24, 2.45) is 0 Å². The third-order valence-corrected chi connectivity index (χ3v) is 16.6. The summed E-state index contributed by atoms with van der Waals surface area (Å²) in [5, 5.41) is 23.2. The molecule has 76 heavy (non-hydrogen) atoms. The van der Waals surface area contributed by atoms with Crippen molar-refractivity contribution in [1.82, 2.24) is 5.32 Å². The maximum Gasteiger partial charge on any atom is 0.305 e. The third kappa shape index (κ3) is 61.8. The molecule has 2 atom stereocenters. The SMILES string of the molecule is CCCCCCCCCCCCCCCCCCCCCC(=O)OCCCCCCCCCCCCCC/C=C\CCCCCCCCCCCCCCCCC(=O)NC(CO)C(O)CCCCCCCCCCCC. The summed E-state index contributed by atoms with van der Waals surface area (Å²) in [5.41, 5.74) is 0. The number of nitrogens with one attached hydrogen (secondary N) is 1.